The zero-order chi connectivity index (χ0) is 22.7. The molecule has 0 bridgehead atoms. The van der Waals surface area contributed by atoms with Crippen molar-refractivity contribution >= 4 is 35.0 Å². The van der Waals surface area contributed by atoms with Crippen molar-refractivity contribution in [2.75, 3.05) is 24.6 Å². The quantitative estimate of drug-likeness (QED) is 0.492. The standard InChI is InChI=1S/C25H21ClN2O4/c1-2-32-22-14-8-7-13-21(22)27(25(31)19-11-5-6-12-20(19)26)15-16-28-23(29)17-9-3-4-10-18(17)24(28)30/h3-14H,2,15-16H2,1H3. The van der Waals surface area contributed by atoms with Crippen LogP contribution in [0.2, 0.25) is 5.02 Å². The Morgan fingerprint density at radius 3 is 2.16 bits per heavy atom. The van der Waals surface area contributed by atoms with E-state index in [4.69, 9.17) is 16.3 Å². The van der Waals surface area contributed by atoms with Gasteiger partial charge in [0.1, 0.15) is 5.75 Å². The van der Waals surface area contributed by atoms with Gasteiger partial charge < -0.3 is 9.64 Å². The fourth-order valence-corrected chi connectivity index (χ4v) is 3.93. The second-order valence-corrected chi connectivity index (χ2v) is 7.55. The fraction of sp³-hybridized carbons (Fsp3) is 0.160. The van der Waals surface area contributed by atoms with Gasteiger partial charge in [-0.2, -0.15) is 0 Å². The molecule has 1 heterocycles. The molecule has 0 unspecified atom stereocenters. The molecular weight excluding hydrogens is 428 g/mol. The van der Waals surface area contributed by atoms with E-state index in [-0.39, 0.29) is 30.8 Å². The Labute approximate surface area is 191 Å². The maximum absolute atomic E-state index is 13.5. The number of benzene rings is 3. The van der Waals surface area contributed by atoms with Gasteiger partial charge in [0.05, 0.1) is 34.0 Å². The van der Waals surface area contributed by atoms with Gasteiger partial charge in [0.15, 0.2) is 0 Å². The summed E-state index contributed by atoms with van der Waals surface area (Å²) in [4.78, 5) is 41.7. The first-order chi connectivity index (χ1) is 15.5. The minimum Gasteiger partial charge on any atom is -0.492 e. The fourth-order valence-electron chi connectivity index (χ4n) is 3.71. The number of rotatable bonds is 7. The predicted octanol–water partition coefficient (Wildman–Crippen LogP) is 4.68. The van der Waals surface area contributed by atoms with Crippen LogP contribution in [0.1, 0.15) is 38.0 Å². The average molecular weight is 449 g/mol. The Kier molecular flexibility index (Phi) is 6.23. The van der Waals surface area contributed by atoms with Gasteiger partial charge >= 0.3 is 0 Å². The normalized spacial score (nSPS) is 12.6. The summed E-state index contributed by atoms with van der Waals surface area (Å²) >= 11 is 6.29. The van der Waals surface area contributed by atoms with Crippen molar-refractivity contribution in [1.82, 2.24) is 4.90 Å². The molecule has 0 saturated carbocycles. The smallest absolute Gasteiger partial charge is 0.261 e. The topological polar surface area (TPSA) is 66.9 Å². The van der Waals surface area contributed by atoms with Crippen LogP contribution in [-0.4, -0.2) is 42.3 Å². The Hall–Kier alpha value is -3.64. The van der Waals surface area contributed by atoms with Crippen molar-refractivity contribution in [3.63, 3.8) is 0 Å². The molecule has 4 rings (SSSR count). The van der Waals surface area contributed by atoms with Crippen LogP contribution in [0.4, 0.5) is 5.69 Å². The molecule has 1 aliphatic rings. The van der Waals surface area contributed by atoms with Gasteiger partial charge in [0, 0.05) is 13.1 Å². The highest BCUT2D eigenvalue weighted by Crippen LogP contribution is 2.31. The van der Waals surface area contributed by atoms with E-state index in [0.29, 0.717) is 39.8 Å². The summed E-state index contributed by atoms with van der Waals surface area (Å²) in [5.41, 5.74) is 1.60. The number of halogens is 1. The van der Waals surface area contributed by atoms with E-state index in [2.05, 4.69) is 0 Å². The molecule has 32 heavy (non-hydrogen) atoms. The molecule has 0 saturated heterocycles. The number of ether oxygens (including phenoxy) is 1. The van der Waals surface area contributed by atoms with E-state index in [9.17, 15) is 14.4 Å². The van der Waals surface area contributed by atoms with E-state index in [1.165, 1.54) is 9.80 Å². The molecule has 3 amide bonds. The third kappa shape index (κ3) is 3.97. The molecule has 3 aromatic carbocycles. The lowest BCUT2D eigenvalue weighted by Gasteiger charge is -2.27. The first kappa shape index (κ1) is 21.6. The second kappa shape index (κ2) is 9.24. The lowest BCUT2D eigenvalue weighted by Crippen LogP contribution is -2.41. The number of imide groups is 1. The van der Waals surface area contributed by atoms with Crippen LogP contribution in [0.3, 0.4) is 0 Å². The monoisotopic (exact) mass is 448 g/mol. The Bertz CT molecular complexity index is 1160. The first-order valence-electron chi connectivity index (χ1n) is 10.3. The van der Waals surface area contributed by atoms with Crippen molar-refractivity contribution in [3.05, 3.63) is 94.5 Å². The van der Waals surface area contributed by atoms with Gasteiger partial charge in [-0.15, -0.1) is 0 Å². The van der Waals surface area contributed by atoms with Gasteiger partial charge in [-0.3, -0.25) is 19.3 Å². The van der Waals surface area contributed by atoms with Crippen molar-refractivity contribution < 1.29 is 19.1 Å². The molecule has 7 heteroatoms. The molecular formula is C25H21ClN2O4. The zero-order valence-corrected chi connectivity index (χ0v) is 18.2. The third-order valence-corrected chi connectivity index (χ3v) is 5.56. The lowest BCUT2D eigenvalue weighted by molar-refractivity contribution is 0.0654. The summed E-state index contributed by atoms with van der Waals surface area (Å²) in [6, 6.07) is 20.6. The maximum atomic E-state index is 13.5. The Morgan fingerprint density at radius 2 is 1.50 bits per heavy atom. The number of fused-ring (bicyclic) bond motifs is 1. The molecule has 0 aromatic heterocycles. The summed E-state index contributed by atoms with van der Waals surface area (Å²) in [6.45, 7) is 2.39. The first-order valence-corrected chi connectivity index (χ1v) is 10.6. The Morgan fingerprint density at radius 1 is 0.906 bits per heavy atom. The van der Waals surface area contributed by atoms with Gasteiger partial charge in [0.25, 0.3) is 17.7 Å². The number of carbonyl (C=O) groups excluding carboxylic acids is 3. The molecule has 0 aliphatic carbocycles. The molecule has 0 fully saturated rings. The number of anilines is 1. The largest absolute Gasteiger partial charge is 0.492 e. The van der Waals surface area contributed by atoms with Gasteiger partial charge in [-0.05, 0) is 43.3 Å². The predicted molar refractivity (Wildman–Crippen MR) is 123 cm³/mol. The summed E-state index contributed by atoms with van der Waals surface area (Å²) in [5.74, 6) is -0.556. The van der Waals surface area contributed by atoms with Gasteiger partial charge in [-0.25, -0.2) is 0 Å². The van der Waals surface area contributed by atoms with E-state index >= 15 is 0 Å². The molecule has 1 aliphatic heterocycles. The van der Waals surface area contributed by atoms with Crippen molar-refractivity contribution in [1.29, 1.82) is 0 Å². The van der Waals surface area contributed by atoms with E-state index in [1.54, 1.807) is 66.7 Å². The summed E-state index contributed by atoms with van der Waals surface area (Å²) in [7, 11) is 0. The van der Waals surface area contributed by atoms with Crippen LogP contribution < -0.4 is 9.64 Å². The molecule has 0 radical (unpaired) electrons. The van der Waals surface area contributed by atoms with Crippen molar-refractivity contribution in [3.8, 4) is 5.75 Å². The number of amides is 3. The van der Waals surface area contributed by atoms with Crippen LogP contribution in [0.5, 0.6) is 5.75 Å². The summed E-state index contributed by atoms with van der Waals surface area (Å²) < 4.78 is 5.72. The SMILES string of the molecule is CCOc1ccccc1N(CCN1C(=O)c2ccccc2C1=O)C(=O)c1ccccc1Cl. The third-order valence-electron chi connectivity index (χ3n) is 5.23. The molecule has 0 N–H and O–H groups in total. The van der Waals surface area contributed by atoms with Crippen molar-refractivity contribution in [2.24, 2.45) is 0 Å². The molecule has 162 valence electrons. The summed E-state index contributed by atoms with van der Waals surface area (Å²) in [6.07, 6.45) is 0. The number of hydrogen-bond donors (Lipinski definition) is 0. The van der Waals surface area contributed by atoms with Gasteiger partial charge in [-0.1, -0.05) is 48.0 Å². The van der Waals surface area contributed by atoms with Crippen LogP contribution >= 0.6 is 11.6 Å². The molecule has 6 nitrogen and oxygen atoms in total. The van der Waals surface area contributed by atoms with E-state index in [0.717, 1.165) is 0 Å². The molecule has 0 atom stereocenters. The van der Waals surface area contributed by atoms with Crippen molar-refractivity contribution in [2.45, 2.75) is 6.92 Å². The minimum atomic E-state index is -0.367. The lowest BCUT2D eigenvalue weighted by atomic mass is 10.1. The van der Waals surface area contributed by atoms with Gasteiger partial charge in [0.2, 0.25) is 0 Å². The van der Waals surface area contributed by atoms with Crippen LogP contribution in [0.15, 0.2) is 72.8 Å². The number of hydrogen-bond acceptors (Lipinski definition) is 4. The molecule has 0 spiro atoms. The van der Waals surface area contributed by atoms with Crippen LogP contribution in [0, 0.1) is 0 Å². The van der Waals surface area contributed by atoms with E-state index in [1.807, 2.05) is 13.0 Å². The second-order valence-electron chi connectivity index (χ2n) is 7.14. The summed E-state index contributed by atoms with van der Waals surface area (Å²) in [5, 5.41) is 0.317. The molecule has 3 aromatic rings. The van der Waals surface area contributed by atoms with E-state index < -0.39 is 0 Å². The highest BCUT2D eigenvalue weighted by atomic mass is 35.5. The minimum absolute atomic E-state index is 0.0308. The van der Waals surface area contributed by atoms with Crippen LogP contribution in [0.25, 0.3) is 0 Å². The number of nitrogens with zero attached hydrogens (tertiary/aromatic N) is 2. The Balaban J connectivity index is 1.67. The number of para-hydroxylation sites is 2. The maximum Gasteiger partial charge on any atom is 0.261 e. The highest BCUT2D eigenvalue weighted by molar-refractivity contribution is 6.34. The highest BCUT2D eigenvalue weighted by Gasteiger charge is 2.35. The zero-order valence-electron chi connectivity index (χ0n) is 17.5. The number of carbonyl (C=O) groups is 3. The van der Waals surface area contributed by atoms with Crippen LogP contribution in [-0.2, 0) is 0 Å². The average Bonchev–Trinajstić information content (AvgIpc) is 3.05.